The van der Waals surface area contributed by atoms with Crippen LogP contribution in [0.2, 0.25) is 0 Å². The number of nitrogens with zero attached hydrogens (tertiary/aromatic N) is 2. The van der Waals surface area contributed by atoms with E-state index in [9.17, 15) is 9.59 Å². The monoisotopic (exact) mass is 388 g/mol. The van der Waals surface area contributed by atoms with Crippen LogP contribution in [-0.4, -0.2) is 39.7 Å². The largest absolute Gasteiger partial charge is 0.335 e. The molecule has 2 rings (SSSR count). The lowest BCUT2D eigenvalue weighted by molar-refractivity contribution is -0.117. The molecule has 1 aliphatic carbocycles. The molecular formula is C15H24N4O2S3. The Kier molecular flexibility index (Phi) is 7.83. The van der Waals surface area contributed by atoms with Gasteiger partial charge in [0.25, 0.3) is 0 Å². The van der Waals surface area contributed by atoms with Gasteiger partial charge in [0.1, 0.15) is 0 Å². The number of carbonyl (C=O) groups excluding carboxylic acids is 2. The second-order valence-electron chi connectivity index (χ2n) is 5.95. The van der Waals surface area contributed by atoms with E-state index >= 15 is 0 Å². The smallest absolute Gasteiger partial charge is 0.321 e. The third-order valence-corrected chi connectivity index (χ3v) is 7.33. The van der Waals surface area contributed by atoms with Crippen molar-refractivity contribution in [2.75, 3.05) is 11.5 Å². The van der Waals surface area contributed by atoms with Crippen LogP contribution in [0, 0.1) is 11.8 Å². The van der Waals surface area contributed by atoms with Gasteiger partial charge >= 0.3 is 6.03 Å². The molecule has 24 heavy (non-hydrogen) atoms. The molecule has 1 aromatic heterocycles. The van der Waals surface area contributed by atoms with Crippen LogP contribution < -0.4 is 10.6 Å². The Hall–Kier alpha value is -0.800. The molecule has 1 fully saturated rings. The van der Waals surface area contributed by atoms with Gasteiger partial charge in [-0.3, -0.25) is 10.1 Å². The van der Waals surface area contributed by atoms with Crippen LogP contribution >= 0.6 is 34.9 Å². The average Bonchev–Trinajstić information content (AvgIpc) is 2.98. The van der Waals surface area contributed by atoms with Crippen molar-refractivity contribution < 1.29 is 9.59 Å². The van der Waals surface area contributed by atoms with Crippen molar-refractivity contribution in [1.82, 2.24) is 20.8 Å². The maximum Gasteiger partial charge on any atom is 0.321 e. The molecule has 0 spiro atoms. The molecule has 2 N–H and O–H groups in total. The minimum atomic E-state index is -0.397. The van der Waals surface area contributed by atoms with E-state index in [1.165, 1.54) is 29.5 Å². The molecule has 0 aromatic carbocycles. The molecule has 0 aliphatic heterocycles. The van der Waals surface area contributed by atoms with Crippen LogP contribution in [0.3, 0.4) is 0 Å². The first-order valence-corrected chi connectivity index (χ1v) is 11.0. The van der Waals surface area contributed by atoms with Crippen LogP contribution in [0.4, 0.5) is 4.79 Å². The normalized spacial score (nSPS) is 23.7. The molecule has 0 bridgehead atoms. The quantitative estimate of drug-likeness (QED) is 0.727. The molecule has 9 heteroatoms. The summed E-state index contributed by atoms with van der Waals surface area (Å²) in [4.78, 5) is 23.9. The fourth-order valence-corrected chi connectivity index (χ4v) is 5.43. The van der Waals surface area contributed by atoms with E-state index in [0.717, 1.165) is 27.3 Å². The van der Waals surface area contributed by atoms with Crippen molar-refractivity contribution in [3.8, 4) is 0 Å². The van der Waals surface area contributed by atoms with Gasteiger partial charge in [-0.1, -0.05) is 68.5 Å². The van der Waals surface area contributed by atoms with Gasteiger partial charge in [-0.05, 0) is 24.0 Å². The van der Waals surface area contributed by atoms with E-state index in [0.29, 0.717) is 11.8 Å². The van der Waals surface area contributed by atoms with Crippen molar-refractivity contribution in [2.45, 2.75) is 54.8 Å². The second-order valence-corrected chi connectivity index (χ2v) is 9.66. The van der Waals surface area contributed by atoms with Crippen molar-refractivity contribution in [3.63, 3.8) is 0 Å². The third-order valence-electron chi connectivity index (χ3n) is 4.26. The SMILES string of the molecule is CCSc1nnc(SCC(=O)NC(=O)N[C@@H]2CCC[C@H](C)[C@H]2C)s1. The number of thioether (sulfide) groups is 2. The zero-order valence-electron chi connectivity index (χ0n) is 14.2. The number of nitrogens with one attached hydrogen (secondary N) is 2. The number of rotatable bonds is 6. The summed E-state index contributed by atoms with van der Waals surface area (Å²) in [5.41, 5.74) is 0. The molecule has 0 radical (unpaired) electrons. The van der Waals surface area contributed by atoms with Gasteiger partial charge in [0.05, 0.1) is 5.75 Å². The van der Waals surface area contributed by atoms with Crippen molar-refractivity contribution >= 4 is 46.8 Å². The average molecular weight is 389 g/mol. The standard InChI is InChI=1S/C15H24N4O2S3/c1-4-22-14-18-19-15(24-14)23-8-12(20)17-13(21)16-11-7-5-6-9(2)10(11)3/h9-11H,4-8H2,1-3H3,(H2,16,17,20,21)/t9-,10+,11+/m0/s1. The zero-order valence-corrected chi connectivity index (χ0v) is 16.7. The van der Waals surface area contributed by atoms with Crippen LogP contribution in [0.15, 0.2) is 8.68 Å². The number of hydrogen-bond donors (Lipinski definition) is 2. The summed E-state index contributed by atoms with van der Waals surface area (Å²) in [6.45, 7) is 6.43. The summed E-state index contributed by atoms with van der Waals surface area (Å²) in [6, 6.07) is -0.253. The van der Waals surface area contributed by atoms with Gasteiger partial charge in [0.2, 0.25) is 5.91 Å². The Balaban J connectivity index is 1.72. The summed E-state index contributed by atoms with van der Waals surface area (Å²) < 4.78 is 1.65. The number of urea groups is 1. The first-order valence-electron chi connectivity index (χ1n) is 8.19. The fraction of sp³-hybridized carbons (Fsp3) is 0.733. The predicted molar refractivity (Wildman–Crippen MR) is 99.7 cm³/mol. The van der Waals surface area contributed by atoms with Gasteiger partial charge in [-0.2, -0.15) is 0 Å². The van der Waals surface area contributed by atoms with E-state index in [4.69, 9.17) is 0 Å². The summed E-state index contributed by atoms with van der Waals surface area (Å²) in [6.07, 6.45) is 3.30. The summed E-state index contributed by atoms with van der Waals surface area (Å²) in [7, 11) is 0. The highest BCUT2D eigenvalue weighted by Gasteiger charge is 2.28. The van der Waals surface area contributed by atoms with Crippen LogP contribution in [-0.2, 0) is 4.79 Å². The molecule has 1 aromatic rings. The number of hydrogen-bond acceptors (Lipinski definition) is 7. The van der Waals surface area contributed by atoms with E-state index in [1.54, 1.807) is 11.8 Å². The maximum atomic E-state index is 12.0. The van der Waals surface area contributed by atoms with Crippen LogP contribution in [0.25, 0.3) is 0 Å². The van der Waals surface area contributed by atoms with Gasteiger partial charge < -0.3 is 5.32 Å². The topological polar surface area (TPSA) is 84.0 Å². The Labute approximate surface area is 155 Å². The molecule has 0 unspecified atom stereocenters. The minimum Gasteiger partial charge on any atom is -0.335 e. The van der Waals surface area contributed by atoms with Crippen molar-refractivity contribution in [2.24, 2.45) is 11.8 Å². The molecular weight excluding hydrogens is 364 g/mol. The molecule has 1 heterocycles. The highest BCUT2D eigenvalue weighted by atomic mass is 32.2. The van der Waals surface area contributed by atoms with E-state index in [1.807, 2.05) is 0 Å². The minimum absolute atomic E-state index is 0.144. The lowest BCUT2D eigenvalue weighted by atomic mass is 9.78. The lowest BCUT2D eigenvalue weighted by Crippen LogP contribution is -2.49. The highest BCUT2D eigenvalue weighted by Crippen LogP contribution is 2.30. The van der Waals surface area contributed by atoms with Gasteiger partial charge in [-0.15, -0.1) is 10.2 Å². The van der Waals surface area contributed by atoms with E-state index in [2.05, 4.69) is 41.6 Å². The molecule has 0 saturated heterocycles. The molecule has 3 amide bonds. The van der Waals surface area contributed by atoms with Gasteiger partial charge in [0, 0.05) is 6.04 Å². The van der Waals surface area contributed by atoms with Crippen molar-refractivity contribution in [3.05, 3.63) is 0 Å². The molecule has 1 aliphatic rings. The molecule has 134 valence electrons. The van der Waals surface area contributed by atoms with E-state index in [-0.39, 0.29) is 17.7 Å². The number of imide groups is 1. The van der Waals surface area contributed by atoms with Crippen LogP contribution in [0.5, 0.6) is 0 Å². The molecule has 1 saturated carbocycles. The molecule has 6 nitrogen and oxygen atoms in total. The van der Waals surface area contributed by atoms with Crippen molar-refractivity contribution in [1.29, 1.82) is 0 Å². The third kappa shape index (κ3) is 5.93. The Morgan fingerprint density at radius 2 is 1.92 bits per heavy atom. The molecule has 3 atom stereocenters. The number of amides is 3. The number of carbonyl (C=O) groups is 2. The first kappa shape index (κ1) is 19.5. The Morgan fingerprint density at radius 3 is 2.62 bits per heavy atom. The van der Waals surface area contributed by atoms with Gasteiger partial charge in [0.15, 0.2) is 8.68 Å². The highest BCUT2D eigenvalue weighted by molar-refractivity contribution is 8.03. The Morgan fingerprint density at radius 1 is 1.21 bits per heavy atom. The van der Waals surface area contributed by atoms with Gasteiger partial charge in [-0.25, -0.2) is 4.79 Å². The number of aromatic nitrogens is 2. The summed E-state index contributed by atoms with van der Waals surface area (Å²) in [5, 5.41) is 13.4. The predicted octanol–water partition coefficient (Wildman–Crippen LogP) is 3.39. The fourth-order valence-electron chi connectivity index (χ4n) is 2.72. The summed E-state index contributed by atoms with van der Waals surface area (Å²) in [5.74, 6) is 1.83. The maximum absolute atomic E-state index is 12.0. The van der Waals surface area contributed by atoms with Crippen LogP contribution in [0.1, 0.15) is 40.0 Å². The lowest BCUT2D eigenvalue weighted by Gasteiger charge is -2.34. The zero-order chi connectivity index (χ0) is 17.5. The second kappa shape index (κ2) is 9.62. The Bertz CT molecular complexity index is 567. The van der Waals surface area contributed by atoms with E-state index < -0.39 is 6.03 Å². The first-order chi connectivity index (χ1) is 11.5. The summed E-state index contributed by atoms with van der Waals surface area (Å²) >= 11 is 4.40.